The average Bonchev–Trinajstić information content (AvgIpc) is 2.24. The van der Waals surface area contributed by atoms with Crippen LogP contribution in [0.1, 0.15) is 40.5 Å². The second-order valence-electron chi connectivity index (χ2n) is 5.63. The van der Waals surface area contributed by atoms with E-state index >= 15 is 0 Å². The normalized spacial score (nSPS) is 10.9. The van der Waals surface area contributed by atoms with Crippen LogP contribution in [0.4, 0.5) is 0 Å². The molecule has 110 valence electrons. The first-order chi connectivity index (χ1) is 8.65. The highest BCUT2D eigenvalue weighted by atomic mass is 16.4. The Balaban J connectivity index is 4.13. The highest BCUT2D eigenvalue weighted by Gasteiger charge is 2.18. The van der Waals surface area contributed by atoms with Crippen molar-refractivity contribution in [1.29, 1.82) is 0 Å². The molecule has 0 bridgehead atoms. The third-order valence-electron chi connectivity index (χ3n) is 2.46. The van der Waals surface area contributed by atoms with Gasteiger partial charge in [-0.3, -0.25) is 14.4 Å². The minimum Gasteiger partial charge on any atom is -0.481 e. The largest absolute Gasteiger partial charge is 0.481 e. The van der Waals surface area contributed by atoms with Crippen LogP contribution in [0, 0.1) is 5.41 Å². The van der Waals surface area contributed by atoms with Gasteiger partial charge in [0.1, 0.15) is 0 Å². The van der Waals surface area contributed by atoms with E-state index in [0.29, 0.717) is 13.0 Å². The third-order valence-corrected chi connectivity index (χ3v) is 2.46. The molecular formula is C13H24N2O4. The topological polar surface area (TPSA) is 86.7 Å². The fraction of sp³-hybridized carbons (Fsp3) is 0.769. The molecule has 0 aliphatic carbocycles. The Morgan fingerprint density at radius 1 is 1.21 bits per heavy atom. The van der Waals surface area contributed by atoms with Gasteiger partial charge in [0.15, 0.2) is 0 Å². The van der Waals surface area contributed by atoms with Crippen LogP contribution in [0.5, 0.6) is 0 Å². The van der Waals surface area contributed by atoms with Crippen molar-refractivity contribution in [3.05, 3.63) is 0 Å². The average molecular weight is 272 g/mol. The van der Waals surface area contributed by atoms with Crippen molar-refractivity contribution >= 4 is 17.8 Å². The number of carboxylic acid groups (broad SMARTS) is 1. The number of hydrogen-bond acceptors (Lipinski definition) is 3. The number of nitrogens with one attached hydrogen (secondary N) is 1. The van der Waals surface area contributed by atoms with Gasteiger partial charge in [0.25, 0.3) is 0 Å². The van der Waals surface area contributed by atoms with Crippen LogP contribution < -0.4 is 5.32 Å². The van der Waals surface area contributed by atoms with Crippen molar-refractivity contribution in [1.82, 2.24) is 10.2 Å². The predicted octanol–water partition coefficient (Wildman–Crippen LogP) is 0.862. The van der Waals surface area contributed by atoms with Crippen molar-refractivity contribution in [2.24, 2.45) is 5.41 Å². The molecule has 0 aromatic carbocycles. The summed E-state index contributed by atoms with van der Waals surface area (Å²) in [5, 5.41) is 11.1. The predicted molar refractivity (Wildman–Crippen MR) is 71.6 cm³/mol. The fourth-order valence-corrected chi connectivity index (χ4v) is 1.52. The van der Waals surface area contributed by atoms with Gasteiger partial charge in [0, 0.05) is 19.5 Å². The van der Waals surface area contributed by atoms with Crippen LogP contribution in [-0.4, -0.2) is 47.4 Å². The second-order valence-corrected chi connectivity index (χ2v) is 5.63. The Morgan fingerprint density at radius 3 is 2.21 bits per heavy atom. The maximum Gasteiger partial charge on any atom is 0.305 e. The van der Waals surface area contributed by atoms with Crippen LogP contribution in [0.3, 0.4) is 0 Å². The molecular weight excluding hydrogens is 248 g/mol. The lowest BCUT2D eigenvalue weighted by Gasteiger charge is -2.21. The summed E-state index contributed by atoms with van der Waals surface area (Å²) < 4.78 is 0. The molecule has 6 heteroatoms. The first-order valence-electron chi connectivity index (χ1n) is 6.42. The van der Waals surface area contributed by atoms with Crippen molar-refractivity contribution in [2.45, 2.75) is 40.5 Å². The number of likely N-dealkylation sites (N-methyl/N-ethyl adjacent to an activating group) is 1. The molecule has 0 saturated carbocycles. The Bertz CT molecular complexity index is 334. The van der Waals surface area contributed by atoms with Crippen LogP contribution >= 0.6 is 0 Å². The maximum absolute atomic E-state index is 11.8. The van der Waals surface area contributed by atoms with Gasteiger partial charge in [0.2, 0.25) is 11.8 Å². The highest BCUT2D eigenvalue weighted by Crippen LogP contribution is 2.17. The number of hydrogen-bond donors (Lipinski definition) is 2. The van der Waals surface area contributed by atoms with Gasteiger partial charge in [-0.15, -0.1) is 0 Å². The van der Waals surface area contributed by atoms with E-state index in [1.807, 2.05) is 20.8 Å². The SMILES string of the molecule is CCN(CCC(=O)O)C(=O)CNC(=O)CC(C)(C)C. The number of nitrogens with zero attached hydrogens (tertiary/aromatic N) is 1. The molecule has 0 rings (SSSR count). The van der Waals surface area contributed by atoms with Gasteiger partial charge < -0.3 is 15.3 Å². The third kappa shape index (κ3) is 9.04. The summed E-state index contributed by atoms with van der Waals surface area (Å²) in [7, 11) is 0. The molecule has 0 heterocycles. The Hall–Kier alpha value is -1.59. The molecule has 2 N–H and O–H groups in total. The van der Waals surface area contributed by atoms with Crippen molar-refractivity contribution < 1.29 is 19.5 Å². The molecule has 6 nitrogen and oxygen atoms in total. The first-order valence-corrected chi connectivity index (χ1v) is 6.42. The van der Waals surface area contributed by atoms with Crippen LogP contribution in [0.2, 0.25) is 0 Å². The number of carboxylic acids is 1. The minimum absolute atomic E-state index is 0.0810. The van der Waals surface area contributed by atoms with E-state index in [1.165, 1.54) is 4.90 Å². The molecule has 2 amide bonds. The number of carbonyl (C=O) groups excluding carboxylic acids is 2. The van der Waals surface area contributed by atoms with E-state index in [4.69, 9.17) is 5.11 Å². The molecule has 0 aliphatic heterocycles. The van der Waals surface area contributed by atoms with Crippen LogP contribution in [0.25, 0.3) is 0 Å². The first kappa shape index (κ1) is 17.4. The summed E-state index contributed by atoms with van der Waals surface area (Å²) in [5.74, 6) is -1.37. The van der Waals surface area contributed by atoms with Gasteiger partial charge in [-0.2, -0.15) is 0 Å². The molecule has 0 aliphatic rings. The smallest absolute Gasteiger partial charge is 0.305 e. The van der Waals surface area contributed by atoms with Gasteiger partial charge in [-0.1, -0.05) is 20.8 Å². The van der Waals surface area contributed by atoms with Crippen LogP contribution in [-0.2, 0) is 14.4 Å². The molecule has 0 aromatic heterocycles. The zero-order valence-electron chi connectivity index (χ0n) is 12.2. The monoisotopic (exact) mass is 272 g/mol. The Labute approximate surface area is 114 Å². The second kappa shape index (κ2) is 7.76. The van der Waals surface area contributed by atoms with Gasteiger partial charge in [-0.25, -0.2) is 0 Å². The molecule has 0 radical (unpaired) electrons. The van der Waals surface area contributed by atoms with E-state index in [1.54, 1.807) is 6.92 Å². The number of amides is 2. The maximum atomic E-state index is 11.8. The zero-order chi connectivity index (χ0) is 15.1. The van der Waals surface area contributed by atoms with Gasteiger partial charge in [-0.05, 0) is 12.3 Å². The summed E-state index contributed by atoms with van der Waals surface area (Å²) in [5.41, 5.74) is -0.124. The molecule has 19 heavy (non-hydrogen) atoms. The molecule has 0 saturated heterocycles. The number of carbonyl (C=O) groups is 3. The molecule has 0 spiro atoms. The van der Waals surface area contributed by atoms with E-state index in [0.717, 1.165) is 0 Å². The lowest BCUT2D eigenvalue weighted by atomic mass is 9.92. The Kier molecular flexibility index (Phi) is 7.11. The van der Waals surface area contributed by atoms with Crippen molar-refractivity contribution in [2.75, 3.05) is 19.6 Å². The molecule has 0 atom stereocenters. The summed E-state index contributed by atoms with van der Waals surface area (Å²) in [6.07, 6.45) is 0.261. The van der Waals surface area contributed by atoms with E-state index in [-0.39, 0.29) is 36.7 Å². The summed E-state index contributed by atoms with van der Waals surface area (Å²) >= 11 is 0. The molecule has 0 fully saturated rings. The van der Waals surface area contributed by atoms with E-state index in [2.05, 4.69) is 5.32 Å². The zero-order valence-corrected chi connectivity index (χ0v) is 12.2. The summed E-state index contributed by atoms with van der Waals surface area (Å²) in [6, 6.07) is 0. The van der Waals surface area contributed by atoms with Crippen LogP contribution in [0.15, 0.2) is 0 Å². The lowest BCUT2D eigenvalue weighted by Crippen LogP contribution is -2.41. The van der Waals surface area contributed by atoms with Gasteiger partial charge >= 0.3 is 5.97 Å². The van der Waals surface area contributed by atoms with E-state index in [9.17, 15) is 14.4 Å². The Morgan fingerprint density at radius 2 is 1.79 bits per heavy atom. The van der Waals surface area contributed by atoms with E-state index < -0.39 is 5.97 Å². The fourth-order valence-electron chi connectivity index (χ4n) is 1.52. The minimum atomic E-state index is -0.942. The summed E-state index contributed by atoms with van der Waals surface area (Å²) in [6.45, 7) is 8.12. The quantitative estimate of drug-likeness (QED) is 0.719. The molecule has 0 aromatic rings. The van der Waals surface area contributed by atoms with Crippen molar-refractivity contribution in [3.8, 4) is 0 Å². The number of aliphatic carboxylic acids is 1. The highest BCUT2D eigenvalue weighted by molar-refractivity contribution is 5.85. The lowest BCUT2D eigenvalue weighted by molar-refractivity contribution is -0.139. The standard InChI is InChI=1S/C13H24N2O4/c1-5-15(7-6-12(18)19)11(17)9-14-10(16)8-13(2,3)4/h5-9H2,1-4H3,(H,14,16)(H,18,19). The summed E-state index contributed by atoms with van der Waals surface area (Å²) in [4.78, 5) is 35.2. The van der Waals surface area contributed by atoms with Crippen molar-refractivity contribution in [3.63, 3.8) is 0 Å². The molecule has 0 unspecified atom stereocenters. The van der Waals surface area contributed by atoms with Gasteiger partial charge in [0.05, 0.1) is 13.0 Å². The number of rotatable bonds is 7.